The summed E-state index contributed by atoms with van der Waals surface area (Å²) in [7, 11) is 0. The Morgan fingerprint density at radius 3 is 1.71 bits per heavy atom. The fourth-order valence-electron chi connectivity index (χ4n) is 9.18. The quantitative estimate of drug-likeness (QED) is 0.170. The van der Waals surface area contributed by atoms with Gasteiger partial charge in [0.25, 0.3) is 0 Å². The minimum Gasteiger partial charge on any atom is -0.455 e. The smallest absolute Gasteiger partial charge is 0.161 e. The third kappa shape index (κ3) is 5.43. The molecule has 0 saturated heterocycles. The number of furan rings is 1. The summed E-state index contributed by atoms with van der Waals surface area (Å²) in [5.41, 5.74) is 18.1. The van der Waals surface area contributed by atoms with Crippen molar-refractivity contribution in [2.24, 2.45) is 0 Å². The second-order valence-electron chi connectivity index (χ2n) is 15.7. The highest BCUT2D eigenvalue weighted by Crippen LogP contribution is 2.55. The van der Waals surface area contributed by atoms with E-state index in [1.54, 1.807) is 0 Å². The molecule has 0 amide bonds. The van der Waals surface area contributed by atoms with Crippen molar-refractivity contribution in [2.45, 2.75) is 19.3 Å². The molecule has 2 aromatic heterocycles. The minimum atomic E-state index is -0.244. The molecule has 0 aliphatic heterocycles. The van der Waals surface area contributed by atoms with Crippen LogP contribution in [0, 0.1) is 0 Å². The molecular weight excluding hydrogens is 705 g/mol. The molecule has 274 valence electrons. The molecule has 8 aromatic carbocycles. The molecule has 0 radical (unpaired) electrons. The molecule has 1 aliphatic carbocycles. The zero-order valence-corrected chi connectivity index (χ0v) is 32.3. The predicted molar refractivity (Wildman–Crippen MR) is 239 cm³/mol. The number of hydrogen-bond acceptors (Lipinski definition) is 3. The first-order chi connectivity index (χ1) is 28.5. The van der Waals surface area contributed by atoms with Gasteiger partial charge in [0.2, 0.25) is 0 Å². The summed E-state index contributed by atoms with van der Waals surface area (Å²) in [6.07, 6.45) is 0. The van der Waals surface area contributed by atoms with E-state index in [4.69, 9.17) is 14.4 Å². The predicted octanol–water partition coefficient (Wildman–Crippen LogP) is 14.7. The molecule has 0 atom stereocenters. The lowest BCUT2D eigenvalue weighted by Crippen LogP contribution is -2.16. The van der Waals surface area contributed by atoms with Crippen LogP contribution in [-0.4, -0.2) is 9.97 Å². The van der Waals surface area contributed by atoms with Gasteiger partial charge in [0.15, 0.2) is 5.82 Å². The van der Waals surface area contributed by atoms with Crippen LogP contribution in [0.1, 0.15) is 25.0 Å². The summed E-state index contributed by atoms with van der Waals surface area (Å²) >= 11 is 0. The normalized spacial score (nSPS) is 12.8. The molecule has 0 spiro atoms. The first-order valence-corrected chi connectivity index (χ1v) is 19.9. The van der Waals surface area contributed by atoms with Crippen LogP contribution >= 0.6 is 0 Å². The molecule has 0 N–H and O–H groups in total. The molecule has 0 fully saturated rings. The summed E-state index contributed by atoms with van der Waals surface area (Å²) in [5, 5.41) is 2.16. The second kappa shape index (κ2) is 13.4. The van der Waals surface area contributed by atoms with Crippen molar-refractivity contribution in [3.05, 3.63) is 205 Å². The minimum absolute atomic E-state index is 0.244. The Labute approximate surface area is 338 Å². The highest BCUT2D eigenvalue weighted by molar-refractivity contribution is 6.09. The largest absolute Gasteiger partial charge is 0.455 e. The SMILES string of the molecule is CC1(C)c2ccccc2-c2c(-c3nc(-c4ccccc4-c4ccc(-c5ccccc5)cc4)cc(-c4cccc5c4oc4ccccc45)n3)ccc(-c3ccccc3)c21. The summed E-state index contributed by atoms with van der Waals surface area (Å²) in [4.78, 5) is 11.0. The van der Waals surface area contributed by atoms with E-state index in [1.165, 1.54) is 44.5 Å². The van der Waals surface area contributed by atoms with Crippen LogP contribution in [0.2, 0.25) is 0 Å². The van der Waals surface area contributed by atoms with Crippen LogP contribution in [0.5, 0.6) is 0 Å². The van der Waals surface area contributed by atoms with Crippen molar-refractivity contribution in [3.8, 4) is 78.4 Å². The molecule has 3 nitrogen and oxygen atoms in total. The van der Waals surface area contributed by atoms with Crippen molar-refractivity contribution in [1.29, 1.82) is 0 Å². The first kappa shape index (κ1) is 33.9. The van der Waals surface area contributed by atoms with Crippen LogP contribution in [0.4, 0.5) is 0 Å². The molecule has 11 rings (SSSR count). The lowest BCUT2D eigenvalue weighted by Gasteiger charge is -2.25. The van der Waals surface area contributed by atoms with Gasteiger partial charge in [-0.25, -0.2) is 9.97 Å². The first-order valence-electron chi connectivity index (χ1n) is 19.9. The van der Waals surface area contributed by atoms with E-state index in [1.807, 2.05) is 12.1 Å². The van der Waals surface area contributed by atoms with Gasteiger partial charge in [-0.05, 0) is 79.9 Å². The molecule has 0 unspecified atom stereocenters. The summed E-state index contributed by atoms with van der Waals surface area (Å²) in [6.45, 7) is 4.69. The number of fused-ring (bicyclic) bond motifs is 6. The van der Waals surface area contributed by atoms with Gasteiger partial charge in [0, 0.05) is 32.9 Å². The fourth-order valence-corrected chi connectivity index (χ4v) is 9.18. The van der Waals surface area contributed by atoms with Gasteiger partial charge in [0.05, 0.1) is 11.4 Å². The number of benzene rings is 8. The van der Waals surface area contributed by atoms with Crippen molar-refractivity contribution in [1.82, 2.24) is 9.97 Å². The van der Waals surface area contributed by atoms with E-state index in [0.29, 0.717) is 5.82 Å². The van der Waals surface area contributed by atoms with Gasteiger partial charge < -0.3 is 4.42 Å². The van der Waals surface area contributed by atoms with E-state index >= 15 is 0 Å². The third-order valence-corrected chi connectivity index (χ3v) is 11.9. The van der Waals surface area contributed by atoms with Crippen LogP contribution in [0.15, 0.2) is 199 Å². The van der Waals surface area contributed by atoms with Gasteiger partial charge in [-0.2, -0.15) is 0 Å². The van der Waals surface area contributed by atoms with Crippen LogP contribution in [0.3, 0.4) is 0 Å². The molecule has 58 heavy (non-hydrogen) atoms. The lowest BCUT2D eigenvalue weighted by atomic mass is 9.78. The fraction of sp³-hybridized carbons (Fsp3) is 0.0545. The highest BCUT2D eigenvalue weighted by atomic mass is 16.3. The summed E-state index contributed by atoms with van der Waals surface area (Å²) < 4.78 is 6.62. The van der Waals surface area contributed by atoms with E-state index in [0.717, 1.165) is 61.1 Å². The summed E-state index contributed by atoms with van der Waals surface area (Å²) in [6, 6.07) is 68.8. The molecule has 2 heterocycles. The topological polar surface area (TPSA) is 38.9 Å². The van der Waals surface area contributed by atoms with Crippen molar-refractivity contribution < 1.29 is 4.42 Å². The maximum Gasteiger partial charge on any atom is 0.161 e. The van der Waals surface area contributed by atoms with E-state index in [-0.39, 0.29) is 5.41 Å². The summed E-state index contributed by atoms with van der Waals surface area (Å²) in [5.74, 6) is 0.679. The molecular formula is C55H38N2O. The molecule has 3 heteroatoms. The zero-order chi connectivity index (χ0) is 38.8. The van der Waals surface area contributed by atoms with Gasteiger partial charge in [-0.3, -0.25) is 0 Å². The molecule has 0 saturated carbocycles. The van der Waals surface area contributed by atoms with Crippen molar-refractivity contribution >= 4 is 21.9 Å². The van der Waals surface area contributed by atoms with Crippen LogP contribution < -0.4 is 0 Å². The Morgan fingerprint density at radius 2 is 0.931 bits per heavy atom. The molecule has 0 bridgehead atoms. The third-order valence-electron chi connectivity index (χ3n) is 11.9. The van der Waals surface area contributed by atoms with Gasteiger partial charge in [0.1, 0.15) is 11.2 Å². The number of aromatic nitrogens is 2. The monoisotopic (exact) mass is 742 g/mol. The standard InChI is InChI=1S/C55H38N2O/c1-55(2)47-26-13-11-23-44(47)51-46(33-32-40(52(51)55)37-18-7-4-8-19-37)54-56-48(34-49(57-54)45-25-15-24-43-42-22-12-14-27-50(42)58-53(43)45)41-21-10-9-20-39(41)38-30-28-36(29-31-38)35-16-5-3-6-17-35/h3-34H,1-2H3. The number of hydrogen-bond donors (Lipinski definition) is 0. The Morgan fingerprint density at radius 1 is 0.397 bits per heavy atom. The Hall–Kier alpha value is -7.36. The number of rotatable bonds is 6. The Bertz CT molecular complexity index is 3180. The average molecular weight is 743 g/mol. The molecule has 10 aromatic rings. The highest BCUT2D eigenvalue weighted by Gasteiger charge is 2.39. The van der Waals surface area contributed by atoms with E-state index in [9.17, 15) is 0 Å². The number of nitrogens with zero attached hydrogens (tertiary/aromatic N) is 2. The second-order valence-corrected chi connectivity index (χ2v) is 15.7. The average Bonchev–Trinajstić information content (AvgIpc) is 3.79. The zero-order valence-electron chi connectivity index (χ0n) is 32.3. The lowest BCUT2D eigenvalue weighted by molar-refractivity contribution is 0.662. The van der Waals surface area contributed by atoms with Crippen molar-refractivity contribution in [3.63, 3.8) is 0 Å². The van der Waals surface area contributed by atoms with Gasteiger partial charge in [-0.15, -0.1) is 0 Å². The Kier molecular flexibility index (Phi) is 7.84. The van der Waals surface area contributed by atoms with Crippen molar-refractivity contribution in [2.75, 3.05) is 0 Å². The van der Waals surface area contributed by atoms with Gasteiger partial charge >= 0.3 is 0 Å². The maximum absolute atomic E-state index is 6.62. The molecule has 1 aliphatic rings. The number of para-hydroxylation sites is 2. The van der Waals surface area contributed by atoms with Crippen LogP contribution in [0.25, 0.3) is 100 Å². The Balaban J connectivity index is 1.17. The van der Waals surface area contributed by atoms with Gasteiger partial charge in [-0.1, -0.05) is 184 Å². The van der Waals surface area contributed by atoms with Crippen LogP contribution in [-0.2, 0) is 5.41 Å². The maximum atomic E-state index is 6.62. The van der Waals surface area contributed by atoms with E-state index < -0.39 is 0 Å². The van der Waals surface area contributed by atoms with E-state index in [2.05, 4.69) is 196 Å².